The van der Waals surface area contributed by atoms with Crippen molar-refractivity contribution in [3.05, 3.63) is 59.7 Å². The lowest BCUT2D eigenvalue weighted by Crippen LogP contribution is -2.27. The lowest BCUT2D eigenvalue weighted by molar-refractivity contribution is -0.0498. The SMILES string of the molecule is CCNS(=O)(=O)c1cccc(C(=O)NCCc2ccc(OC(F)F)cc2)c1. The molecule has 0 saturated heterocycles. The predicted octanol–water partition coefficient (Wildman–Crippen LogP) is 2.56. The summed E-state index contributed by atoms with van der Waals surface area (Å²) in [6.07, 6.45) is 0.482. The predicted molar refractivity (Wildman–Crippen MR) is 96.4 cm³/mol. The summed E-state index contributed by atoms with van der Waals surface area (Å²) in [5.41, 5.74) is 1.06. The molecule has 0 radical (unpaired) electrons. The molecule has 0 aliphatic rings. The van der Waals surface area contributed by atoms with E-state index in [9.17, 15) is 22.0 Å². The number of hydrogen-bond acceptors (Lipinski definition) is 4. The van der Waals surface area contributed by atoms with Crippen LogP contribution in [-0.4, -0.2) is 34.0 Å². The van der Waals surface area contributed by atoms with E-state index in [2.05, 4.69) is 14.8 Å². The van der Waals surface area contributed by atoms with Crippen LogP contribution in [0.4, 0.5) is 8.78 Å². The average Bonchev–Trinajstić information content (AvgIpc) is 2.63. The van der Waals surface area contributed by atoms with Gasteiger partial charge < -0.3 is 10.1 Å². The zero-order valence-corrected chi connectivity index (χ0v) is 15.4. The lowest BCUT2D eigenvalue weighted by Gasteiger charge is -2.09. The third kappa shape index (κ3) is 6.30. The Hall–Kier alpha value is -2.52. The number of halogens is 2. The molecule has 6 nitrogen and oxygen atoms in total. The van der Waals surface area contributed by atoms with Crippen LogP contribution < -0.4 is 14.8 Å². The summed E-state index contributed by atoms with van der Waals surface area (Å²) >= 11 is 0. The zero-order valence-electron chi connectivity index (χ0n) is 14.6. The number of hydrogen-bond donors (Lipinski definition) is 2. The average molecular weight is 398 g/mol. The van der Waals surface area contributed by atoms with Gasteiger partial charge in [0, 0.05) is 18.7 Å². The first-order valence-corrected chi connectivity index (χ1v) is 9.72. The van der Waals surface area contributed by atoms with E-state index in [-0.39, 0.29) is 22.8 Å². The molecule has 0 spiro atoms. The van der Waals surface area contributed by atoms with Crippen molar-refractivity contribution in [2.45, 2.75) is 24.9 Å². The van der Waals surface area contributed by atoms with Gasteiger partial charge in [0.25, 0.3) is 5.91 Å². The van der Waals surface area contributed by atoms with E-state index >= 15 is 0 Å². The van der Waals surface area contributed by atoms with E-state index in [4.69, 9.17) is 0 Å². The first kappa shape index (κ1) is 20.8. The van der Waals surface area contributed by atoms with E-state index in [1.54, 1.807) is 19.1 Å². The molecule has 2 N–H and O–H groups in total. The molecule has 0 saturated carbocycles. The van der Waals surface area contributed by atoms with Crippen molar-refractivity contribution < 1.29 is 26.7 Å². The zero-order chi connectivity index (χ0) is 19.9. The van der Waals surface area contributed by atoms with Crippen molar-refractivity contribution >= 4 is 15.9 Å². The Labute approximate surface area is 156 Å². The Balaban J connectivity index is 1.92. The van der Waals surface area contributed by atoms with Gasteiger partial charge >= 0.3 is 6.61 Å². The van der Waals surface area contributed by atoms with E-state index in [1.165, 1.54) is 36.4 Å². The first-order chi connectivity index (χ1) is 12.8. The summed E-state index contributed by atoms with van der Waals surface area (Å²) in [7, 11) is -3.64. The number of ether oxygens (including phenoxy) is 1. The van der Waals surface area contributed by atoms with Gasteiger partial charge in [-0.2, -0.15) is 8.78 Å². The van der Waals surface area contributed by atoms with Crippen LogP contribution in [0.3, 0.4) is 0 Å². The molecule has 0 aromatic heterocycles. The van der Waals surface area contributed by atoms with Gasteiger partial charge in [-0.15, -0.1) is 0 Å². The van der Waals surface area contributed by atoms with Crippen LogP contribution in [0.2, 0.25) is 0 Å². The summed E-state index contributed by atoms with van der Waals surface area (Å²) in [6.45, 7) is -0.652. The summed E-state index contributed by atoms with van der Waals surface area (Å²) < 4.78 is 54.9. The van der Waals surface area contributed by atoms with Crippen molar-refractivity contribution in [2.75, 3.05) is 13.1 Å². The Kier molecular flexibility index (Phi) is 7.26. The lowest BCUT2D eigenvalue weighted by atomic mass is 10.1. The number of carbonyl (C=O) groups is 1. The first-order valence-electron chi connectivity index (χ1n) is 8.23. The normalized spacial score (nSPS) is 11.4. The molecular weight excluding hydrogens is 378 g/mol. The van der Waals surface area contributed by atoms with Gasteiger partial charge in [0.1, 0.15) is 5.75 Å². The number of carbonyl (C=O) groups excluding carboxylic acids is 1. The van der Waals surface area contributed by atoms with Crippen LogP contribution in [-0.2, 0) is 16.4 Å². The second-order valence-corrected chi connectivity index (χ2v) is 7.32. The second kappa shape index (κ2) is 9.43. The molecule has 0 unspecified atom stereocenters. The van der Waals surface area contributed by atoms with Crippen LogP contribution in [0.5, 0.6) is 5.75 Å². The largest absolute Gasteiger partial charge is 0.435 e. The highest BCUT2D eigenvalue weighted by Gasteiger charge is 2.15. The van der Waals surface area contributed by atoms with Crippen LogP contribution in [0, 0.1) is 0 Å². The molecule has 0 bridgehead atoms. The number of benzene rings is 2. The quantitative estimate of drug-likeness (QED) is 0.680. The second-order valence-electron chi connectivity index (χ2n) is 5.56. The molecular formula is C18H20F2N2O4S. The fraction of sp³-hybridized carbons (Fsp3) is 0.278. The van der Waals surface area contributed by atoms with Crippen LogP contribution >= 0.6 is 0 Å². The summed E-state index contributed by atoms with van der Waals surface area (Å²) in [4.78, 5) is 12.2. The molecule has 0 aliphatic heterocycles. The van der Waals surface area contributed by atoms with Crippen molar-refractivity contribution in [3.63, 3.8) is 0 Å². The van der Waals surface area contributed by atoms with E-state index < -0.39 is 22.5 Å². The molecule has 2 rings (SSSR count). The molecule has 0 atom stereocenters. The van der Waals surface area contributed by atoms with Crippen molar-refractivity contribution in [3.8, 4) is 5.75 Å². The molecule has 146 valence electrons. The van der Waals surface area contributed by atoms with Crippen molar-refractivity contribution in [1.82, 2.24) is 10.0 Å². The minimum atomic E-state index is -3.64. The third-order valence-electron chi connectivity index (χ3n) is 3.59. The van der Waals surface area contributed by atoms with Gasteiger partial charge in [0.15, 0.2) is 0 Å². The van der Waals surface area contributed by atoms with Gasteiger partial charge in [0.05, 0.1) is 4.90 Å². The highest BCUT2D eigenvalue weighted by atomic mass is 32.2. The Morgan fingerprint density at radius 3 is 2.48 bits per heavy atom. The smallest absolute Gasteiger partial charge is 0.387 e. The molecule has 0 heterocycles. The minimum absolute atomic E-state index is 0.0200. The van der Waals surface area contributed by atoms with Gasteiger partial charge in [-0.05, 0) is 42.3 Å². The van der Waals surface area contributed by atoms with Gasteiger partial charge in [-0.25, -0.2) is 13.1 Å². The van der Waals surface area contributed by atoms with Gasteiger partial charge in [-0.1, -0.05) is 25.1 Å². The van der Waals surface area contributed by atoms with Crippen LogP contribution in [0.1, 0.15) is 22.8 Å². The number of rotatable bonds is 9. The Morgan fingerprint density at radius 1 is 1.15 bits per heavy atom. The molecule has 2 aromatic carbocycles. The molecule has 27 heavy (non-hydrogen) atoms. The highest BCUT2D eigenvalue weighted by molar-refractivity contribution is 7.89. The maximum atomic E-state index is 12.2. The molecule has 0 fully saturated rings. The van der Waals surface area contributed by atoms with Crippen LogP contribution in [0.25, 0.3) is 0 Å². The van der Waals surface area contributed by atoms with Crippen LogP contribution in [0.15, 0.2) is 53.4 Å². The molecule has 2 aromatic rings. The van der Waals surface area contributed by atoms with E-state index in [0.29, 0.717) is 13.0 Å². The van der Waals surface area contributed by atoms with E-state index in [1.807, 2.05) is 0 Å². The topological polar surface area (TPSA) is 84.5 Å². The maximum absolute atomic E-state index is 12.2. The summed E-state index contributed by atoms with van der Waals surface area (Å²) in [5, 5.41) is 2.70. The van der Waals surface area contributed by atoms with Gasteiger partial charge in [-0.3, -0.25) is 4.79 Å². The Morgan fingerprint density at radius 2 is 1.85 bits per heavy atom. The molecule has 9 heteroatoms. The maximum Gasteiger partial charge on any atom is 0.387 e. The fourth-order valence-corrected chi connectivity index (χ4v) is 3.42. The number of nitrogens with one attached hydrogen (secondary N) is 2. The third-order valence-corrected chi connectivity index (χ3v) is 5.13. The fourth-order valence-electron chi connectivity index (χ4n) is 2.34. The van der Waals surface area contributed by atoms with Crippen molar-refractivity contribution in [2.24, 2.45) is 0 Å². The minimum Gasteiger partial charge on any atom is -0.435 e. The molecule has 0 aliphatic carbocycles. The summed E-state index contributed by atoms with van der Waals surface area (Å²) in [6, 6.07) is 11.9. The number of amides is 1. The number of sulfonamides is 1. The van der Waals surface area contributed by atoms with E-state index in [0.717, 1.165) is 5.56 Å². The van der Waals surface area contributed by atoms with Gasteiger partial charge in [0.2, 0.25) is 10.0 Å². The Bertz CT molecular complexity index is 871. The summed E-state index contributed by atoms with van der Waals surface area (Å²) in [5.74, 6) is -0.335. The number of alkyl halides is 2. The highest BCUT2D eigenvalue weighted by Crippen LogP contribution is 2.15. The molecule has 1 amide bonds. The monoisotopic (exact) mass is 398 g/mol. The standard InChI is InChI=1S/C18H20F2N2O4S/c1-2-22-27(24,25)16-5-3-4-14(12-16)17(23)21-11-10-13-6-8-15(9-7-13)26-18(19)20/h3-9,12,18,22H,2,10-11H2,1H3,(H,21,23). The van der Waals surface area contributed by atoms with Crippen molar-refractivity contribution in [1.29, 1.82) is 0 Å².